The minimum atomic E-state index is -0.945. The highest BCUT2D eigenvalue weighted by Crippen LogP contribution is 2.28. The van der Waals surface area contributed by atoms with Gasteiger partial charge in [0.05, 0.1) is 6.07 Å². The zero-order valence-corrected chi connectivity index (χ0v) is 9.68. The molecule has 0 spiro atoms. The maximum absolute atomic E-state index is 12.9. The molecule has 0 saturated heterocycles. The van der Waals surface area contributed by atoms with Crippen LogP contribution in [0.15, 0.2) is 30.9 Å². The summed E-state index contributed by atoms with van der Waals surface area (Å²) in [5.74, 6) is -0.419. The number of halogens is 2. The topological polar surface area (TPSA) is 35.8 Å². The molecule has 4 heteroatoms. The van der Waals surface area contributed by atoms with Crippen molar-refractivity contribution in [2.75, 3.05) is 6.54 Å². The molecule has 0 aliphatic carbocycles. The summed E-state index contributed by atoms with van der Waals surface area (Å²) in [7, 11) is 0. The normalized spacial score (nSPS) is 13.9. The quantitative estimate of drug-likeness (QED) is 0.819. The lowest BCUT2D eigenvalue weighted by Gasteiger charge is -2.24. The Balaban J connectivity index is 3.13. The Morgan fingerprint density at radius 3 is 2.88 bits per heavy atom. The highest BCUT2D eigenvalue weighted by Gasteiger charge is 2.27. The third-order valence-corrected chi connectivity index (χ3v) is 2.61. The highest BCUT2D eigenvalue weighted by molar-refractivity contribution is 6.31. The molecule has 16 heavy (non-hydrogen) atoms. The largest absolute Gasteiger partial charge is 0.292 e. The maximum atomic E-state index is 12.9. The number of nitrogens with zero attached hydrogens (tertiary/aromatic N) is 1. The molecule has 1 unspecified atom stereocenters. The van der Waals surface area contributed by atoms with Crippen molar-refractivity contribution in [2.45, 2.75) is 12.5 Å². The standard InChI is InChI=1S/C12H12ClFN2/c1-3-6-16-12(2,8-15)10-5-4-9(14)7-11(10)13/h3-5,7,16H,1,6H2,2H3. The molecule has 1 atom stereocenters. The van der Waals surface area contributed by atoms with E-state index in [4.69, 9.17) is 16.9 Å². The third kappa shape index (κ3) is 2.60. The Kier molecular flexibility index (Phi) is 4.05. The van der Waals surface area contributed by atoms with E-state index in [1.54, 1.807) is 13.0 Å². The van der Waals surface area contributed by atoms with Gasteiger partial charge in [-0.05, 0) is 19.1 Å². The molecule has 0 aromatic heterocycles. The second-order valence-corrected chi connectivity index (χ2v) is 3.94. The summed E-state index contributed by atoms with van der Waals surface area (Å²) in [6.45, 7) is 5.72. The molecule has 0 bridgehead atoms. The average molecular weight is 239 g/mol. The molecule has 0 saturated carbocycles. The predicted molar refractivity (Wildman–Crippen MR) is 62.6 cm³/mol. The van der Waals surface area contributed by atoms with Gasteiger partial charge in [0.15, 0.2) is 0 Å². The minimum Gasteiger partial charge on any atom is -0.292 e. The van der Waals surface area contributed by atoms with E-state index in [1.165, 1.54) is 18.2 Å². The van der Waals surface area contributed by atoms with Crippen molar-refractivity contribution in [1.29, 1.82) is 5.26 Å². The summed E-state index contributed by atoms with van der Waals surface area (Å²) in [5, 5.41) is 12.4. The smallest absolute Gasteiger partial charge is 0.131 e. The van der Waals surface area contributed by atoms with Crippen LogP contribution in [-0.4, -0.2) is 6.54 Å². The van der Waals surface area contributed by atoms with E-state index in [0.29, 0.717) is 12.1 Å². The van der Waals surface area contributed by atoms with Crippen LogP contribution in [0.3, 0.4) is 0 Å². The lowest BCUT2D eigenvalue weighted by molar-refractivity contribution is 0.493. The molecular formula is C12H12ClFN2. The first-order chi connectivity index (χ1) is 7.53. The zero-order chi connectivity index (χ0) is 12.2. The van der Waals surface area contributed by atoms with Gasteiger partial charge in [-0.2, -0.15) is 5.26 Å². The van der Waals surface area contributed by atoms with Crippen LogP contribution in [-0.2, 0) is 5.54 Å². The second kappa shape index (κ2) is 5.11. The lowest BCUT2D eigenvalue weighted by Crippen LogP contribution is -2.38. The minimum absolute atomic E-state index is 0.237. The van der Waals surface area contributed by atoms with Gasteiger partial charge in [0, 0.05) is 17.1 Å². The Labute approximate surface area is 99.3 Å². The van der Waals surface area contributed by atoms with Gasteiger partial charge in [0.2, 0.25) is 0 Å². The number of hydrogen-bond acceptors (Lipinski definition) is 2. The monoisotopic (exact) mass is 238 g/mol. The van der Waals surface area contributed by atoms with Crippen LogP contribution < -0.4 is 5.32 Å². The van der Waals surface area contributed by atoms with E-state index in [2.05, 4.69) is 18.0 Å². The van der Waals surface area contributed by atoms with E-state index >= 15 is 0 Å². The third-order valence-electron chi connectivity index (χ3n) is 2.29. The fourth-order valence-electron chi connectivity index (χ4n) is 1.37. The molecule has 0 amide bonds. The second-order valence-electron chi connectivity index (χ2n) is 3.53. The van der Waals surface area contributed by atoms with Crippen molar-refractivity contribution >= 4 is 11.6 Å². The van der Waals surface area contributed by atoms with E-state index in [1.807, 2.05) is 0 Å². The molecule has 0 aliphatic heterocycles. The van der Waals surface area contributed by atoms with Crippen LogP contribution >= 0.6 is 11.6 Å². The van der Waals surface area contributed by atoms with Crippen molar-refractivity contribution in [3.05, 3.63) is 47.3 Å². The van der Waals surface area contributed by atoms with Crippen LogP contribution in [0.2, 0.25) is 5.02 Å². The molecule has 0 radical (unpaired) electrons. The molecule has 0 fully saturated rings. The van der Waals surface area contributed by atoms with Gasteiger partial charge < -0.3 is 0 Å². The Morgan fingerprint density at radius 2 is 2.38 bits per heavy atom. The number of nitrogens with one attached hydrogen (secondary N) is 1. The molecule has 2 nitrogen and oxygen atoms in total. The number of benzene rings is 1. The summed E-state index contributed by atoms with van der Waals surface area (Å²) in [5.41, 5.74) is -0.390. The van der Waals surface area contributed by atoms with Gasteiger partial charge in [0.1, 0.15) is 11.4 Å². The lowest BCUT2D eigenvalue weighted by atomic mass is 9.93. The van der Waals surface area contributed by atoms with Crippen molar-refractivity contribution in [3.63, 3.8) is 0 Å². The summed E-state index contributed by atoms with van der Waals surface area (Å²) in [6.07, 6.45) is 1.65. The molecule has 0 aliphatic rings. The Hall–Kier alpha value is -1.37. The van der Waals surface area contributed by atoms with E-state index in [9.17, 15) is 4.39 Å². The molecule has 1 rings (SSSR count). The number of nitriles is 1. The molecular weight excluding hydrogens is 227 g/mol. The molecule has 0 heterocycles. The fraction of sp³-hybridized carbons (Fsp3) is 0.250. The first-order valence-electron chi connectivity index (χ1n) is 4.76. The van der Waals surface area contributed by atoms with Crippen molar-refractivity contribution in [1.82, 2.24) is 5.32 Å². The van der Waals surface area contributed by atoms with Crippen LogP contribution in [0.1, 0.15) is 12.5 Å². The summed E-state index contributed by atoms with van der Waals surface area (Å²) >= 11 is 5.91. The molecule has 1 aromatic rings. The van der Waals surface area contributed by atoms with Crippen LogP contribution in [0, 0.1) is 17.1 Å². The van der Waals surface area contributed by atoms with Crippen LogP contribution in [0.4, 0.5) is 4.39 Å². The Morgan fingerprint density at radius 1 is 1.69 bits per heavy atom. The van der Waals surface area contributed by atoms with Crippen LogP contribution in [0.25, 0.3) is 0 Å². The van der Waals surface area contributed by atoms with E-state index in [-0.39, 0.29) is 5.02 Å². The molecule has 84 valence electrons. The van der Waals surface area contributed by atoms with Gasteiger partial charge in [0.25, 0.3) is 0 Å². The van der Waals surface area contributed by atoms with Gasteiger partial charge in [-0.15, -0.1) is 6.58 Å². The van der Waals surface area contributed by atoms with Gasteiger partial charge >= 0.3 is 0 Å². The van der Waals surface area contributed by atoms with Crippen molar-refractivity contribution < 1.29 is 4.39 Å². The SMILES string of the molecule is C=CCNC(C)(C#N)c1ccc(F)cc1Cl. The predicted octanol–water partition coefficient (Wildman–Crippen LogP) is 2.99. The van der Waals surface area contributed by atoms with Gasteiger partial charge in [-0.25, -0.2) is 4.39 Å². The van der Waals surface area contributed by atoms with Gasteiger partial charge in [-0.1, -0.05) is 23.7 Å². The van der Waals surface area contributed by atoms with Gasteiger partial charge in [-0.3, -0.25) is 5.32 Å². The first-order valence-corrected chi connectivity index (χ1v) is 5.14. The highest BCUT2D eigenvalue weighted by atomic mass is 35.5. The van der Waals surface area contributed by atoms with E-state index in [0.717, 1.165) is 0 Å². The maximum Gasteiger partial charge on any atom is 0.131 e. The molecule has 1 N–H and O–H groups in total. The van der Waals surface area contributed by atoms with Crippen molar-refractivity contribution in [3.8, 4) is 6.07 Å². The Bertz CT molecular complexity index is 439. The molecule has 1 aromatic carbocycles. The fourth-order valence-corrected chi connectivity index (χ4v) is 1.72. The van der Waals surface area contributed by atoms with Crippen molar-refractivity contribution in [2.24, 2.45) is 0 Å². The summed E-state index contributed by atoms with van der Waals surface area (Å²) < 4.78 is 12.9. The number of rotatable bonds is 4. The number of hydrogen-bond donors (Lipinski definition) is 1. The van der Waals surface area contributed by atoms with Crippen LogP contribution in [0.5, 0.6) is 0 Å². The summed E-state index contributed by atoms with van der Waals surface area (Å²) in [6, 6.07) is 6.12. The van der Waals surface area contributed by atoms with E-state index < -0.39 is 11.4 Å². The zero-order valence-electron chi connectivity index (χ0n) is 8.93. The summed E-state index contributed by atoms with van der Waals surface area (Å²) in [4.78, 5) is 0. The average Bonchev–Trinajstić information content (AvgIpc) is 2.26. The first kappa shape index (κ1) is 12.7.